The molecule has 44 heavy (non-hydrogen) atoms. The molecular weight excluding hydrogens is 554 g/mol. The number of rotatable bonds is 27. The van der Waals surface area contributed by atoms with Crippen molar-refractivity contribution in [3.63, 3.8) is 0 Å². The molecule has 0 aromatic heterocycles. The SMILES string of the molecule is C=CCCOCC(COCCC(=O)NC)NC(=C)c1cc(C)cc(C(=C)NC(CCCC(=C)NC)COCCC(=C)NC)c1. The first kappa shape index (κ1) is 38.5. The molecule has 0 aliphatic carbocycles. The normalized spacial score (nSPS) is 12.0. The summed E-state index contributed by atoms with van der Waals surface area (Å²) < 4.78 is 17.6. The van der Waals surface area contributed by atoms with Crippen LogP contribution in [0.25, 0.3) is 11.4 Å². The van der Waals surface area contributed by atoms with Crippen molar-refractivity contribution in [3.05, 3.63) is 85.3 Å². The molecule has 0 fully saturated rings. The number of amides is 1. The molecule has 9 heteroatoms. The van der Waals surface area contributed by atoms with E-state index in [0.29, 0.717) is 46.1 Å². The van der Waals surface area contributed by atoms with Gasteiger partial charge in [0, 0.05) is 62.8 Å². The van der Waals surface area contributed by atoms with Crippen LogP contribution in [0.3, 0.4) is 0 Å². The molecular formula is C35H57N5O4. The molecule has 2 unspecified atom stereocenters. The third kappa shape index (κ3) is 16.9. The maximum atomic E-state index is 11.6. The van der Waals surface area contributed by atoms with E-state index >= 15 is 0 Å². The Kier molecular flexibility index (Phi) is 20.1. The summed E-state index contributed by atoms with van der Waals surface area (Å²) >= 11 is 0. The Bertz CT molecular complexity index is 1070. The highest BCUT2D eigenvalue weighted by Gasteiger charge is 2.15. The highest BCUT2D eigenvalue weighted by Crippen LogP contribution is 2.21. The number of aryl methyl sites for hydroxylation is 1. The molecule has 0 radical (unpaired) electrons. The summed E-state index contributed by atoms with van der Waals surface area (Å²) in [5.74, 6) is -0.0563. The number of hydrogen-bond acceptors (Lipinski definition) is 8. The second-order valence-corrected chi connectivity index (χ2v) is 10.8. The molecule has 5 N–H and O–H groups in total. The number of benzene rings is 1. The first-order valence-corrected chi connectivity index (χ1v) is 15.4. The molecule has 0 aliphatic heterocycles. The van der Waals surface area contributed by atoms with Crippen molar-refractivity contribution in [3.8, 4) is 0 Å². The lowest BCUT2D eigenvalue weighted by Crippen LogP contribution is -2.37. The first-order chi connectivity index (χ1) is 21.1. The predicted molar refractivity (Wildman–Crippen MR) is 184 cm³/mol. The van der Waals surface area contributed by atoms with Gasteiger partial charge in [0.25, 0.3) is 0 Å². The van der Waals surface area contributed by atoms with Crippen LogP contribution >= 0.6 is 0 Å². The topological polar surface area (TPSA) is 105 Å². The molecule has 1 amide bonds. The molecule has 0 aliphatic rings. The van der Waals surface area contributed by atoms with Crippen molar-refractivity contribution in [2.24, 2.45) is 0 Å². The zero-order chi connectivity index (χ0) is 32.7. The second kappa shape index (κ2) is 22.9. The molecule has 1 aromatic rings. The van der Waals surface area contributed by atoms with Gasteiger partial charge in [0.1, 0.15) is 0 Å². The molecule has 0 spiro atoms. The average molecular weight is 612 g/mol. The summed E-state index contributed by atoms with van der Waals surface area (Å²) in [4.78, 5) is 11.6. The smallest absolute Gasteiger partial charge is 0.222 e. The van der Waals surface area contributed by atoms with Gasteiger partial charge in [-0.25, -0.2) is 0 Å². The maximum absolute atomic E-state index is 11.6. The highest BCUT2D eigenvalue weighted by molar-refractivity contribution is 5.75. The first-order valence-electron chi connectivity index (χ1n) is 15.4. The van der Waals surface area contributed by atoms with E-state index in [1.54, 1.807) is 7.05 Å². The fourth-order valence-corrected chi connectivity index (χ4v) is 4.26. The average Bonchev–Trinajstić information content (AvgIpc) is 3.01. The van der Waals surface area contributed by atoms with Crippen LogP contribution in [-0.4, -0.2) is 78.8 Å². The van der Waals surface area contributed by atoms with Gasteiger partial charge in [-0.05, 0) is 67.5 Å². The van der Waals surface area contributed by atoms with Gasteiger partial charge < -0.3 is 40.8 Å². The Morgan fingerprint density at radius 1 is 0.750 bits per heavy atom. The Balaban J connectivity index is 2.93. The van der Waals surface area contributed by atoms with E-state index < -0.39 is 0 Å². The monoisotopic (exact) mass is 611 g/mol. The molecule has 0 saturated carbocycles. The van der Waals surface area contributed by atoms with Crippen molar-refractivity contribution in [2.45, 2.75) is 57.5 Å². The number of ether oxygens (including phenoxy) is 3. The van der Waals surface area contributed by atoms with Crippen LogP contribution < -0.4 is 26.6 Å². The van der Waals surface area contributed by atoms with Gasteiger partial charge in [0.05, 0.1) is 45.7 Å². The number of allylic oxidation sites excluding steroid dienone is 1. The molecule has 0 saturated heterocycles. The fourth-order valence-electron chi connectivity index (χ4n) is 4.26. The molecule has 0 heterocycles. The Hall–Kier alpha value is -3.53. The van der Waals surface area contributed by atoms with Crippen LogP contribution in [0.1, 0.15) is 55.2 Å². The maximum Gasteiger partial charge on any atom is 0.222 e. The van der Waals surface area contributed by atoms with Gasteiger partial charge in [-0.1, -0.05) is 32.4 Å². The van der Waals surface area contributed by atoms with E-state index in [1.165, 1.54) is 0 Å². The van der Waals surface area contributed by atoms with E-state index in [9.17, 15) is 4.79 Å². The molecule has 1 rings (SSSR count). The molecule has 2 atom stereocenters. The van der Waals surface area contributed by atoms with Crippen molar-refractivity contribution in [1.82, 2.24) is 26.6 Å². The van der Waals surface area contributed by atoms with Gasteiger partial charge in [0.2, 0.25) is 5.91 Å². The minimum Gasteiger partial charge on any atom is -0.392 e. The van der Waals surface area contributed by atoms with Gasteiger partial charge in [-0.15, -0.1) is 6.58 Å². The third-order valence-electron chi connectivity index (χ3n) is 6.99. The third-order valence-corrected chi connectivity index (χ3v) is 6.99. The van der Waals surface area contributed by atoms with Gasteiger partial charge >= 0.3 is 0 Å². The van der Waals surface area contributed by atoms with Crippen molar-refractivity contribution < 1.29 is 19.0 Å². The lowest BCUT2D eigenvalue weighted by Gasteiger charge is -2.24. The van der Waals surface area contributed by atoms with Crippen LogP contribution in [0.2, 0.25) is 0 Å². The quantitative estimate of drug-likeness (QED) is 0.0724. The standard InChI is InChI=1S/C35H57N5O4/c1-10-11-17-42-24-34(25-44-19-16-35(41)38-9)40-30(6)32-21-26(2)20-31(22-32)29(5)39-33(14-12-13-27(3)36-7)23-43-18-15-28(4)37-8/h10,20-22,33-34,36-37,39-40H,1,3-6,11-19,23-25H2,2,7-9H3,(H,38,41). The number of nitrogens with one attached hydrogen (secondary N) is 5. The van der Waals surface area contributed by atoms with Crippen molar-refractivity contribution in [2.75, 3.05) is 60.8 Å². The van der Waals surface area contributed by atoms with Crippen LogP contribution in [0.4, 0.5) is 0 Å². The van der Waals surface area contributed by atoms with Crippen molar-refractivity contribution in [1.29, 1.82) is 0 Å². The number of hydrogen-bond donors (Lipinski definition) is 5. The van der Waals surface area contributed by atoms with Crippen LogP contribution in [0.15, 0.2) is 68.6 Å². The lowest BCUT2D eigenvalue weighted by molar-refractivity contribution is -0.121. The summed E-state index contributed by atoms with van der Waals surface area (Å²) in [6, 6.07) is 6.23. The van der Waals surface area contributed by atoms with E-state index in [2.05, 4.69) is 84.6 Å². The van der Waals surface area contributed by atoms with E-state index in [1.807, 2.05) is 20.2 Å². The van der Waals surface area contributed by atoms with Crippen LogP contribution in [0, 0.1) is 6.92 Å². The summed E-state index contributed by atoms with van der Waals surface area (Å²) in [6.07, 6.45) is 6.43. The molecule has 9 nitrogen and oxygen atoms in total. The summed E-state index contributed by atoms with van der Waals surface area (Å²) in [5.41, 5.74) is 6.57. The van der Waals surface area contributed by atoms with Crippen LogP contribution in [-0.2, 0) is 19.0 Å². The van der Waals surface area contributed by atoms with Gasteiger partial charge in [-0.3, -0.25) is 4.79 Å². The summed E-state index contributed by atoms with van der Waals surface area (Å²) in [7, 11) is 5.38. The van der Waals surface area contributed by atoms with Gasteiger partial charge in [0.15, 0.2) is 0 Å². The summed E-state index contributed by atoms with van der Waals surface area (Å²) in [5, 5.41) is 15.9. The Morgan fingerprint density at radius 3 is 1.84 bits per heavy atom. The predicted octanol–water partition coefficient (Wildman–Crippen LogP) is 4.64. The number of carbonyl (C=O) groups excluding carboxylic acids is 1. The zero-order valence-electron chi connectivity index (χ0n) is 27.6. The molecule has 1 aromatic carbocycles. The van der Waals surface area contributed by atoms with E-state index in [0.717, 1.165) is 71.6 Å². The Labute approximate surface area is 266 Å². The minimum absolute atomic E-state index is 0.0563. The largest absolute Gasteiger partial charge is 0.392 e. The second-order valence-electron chi connectivity index (χ2n) is 10.8. The molecule has 0 bridgehead atoms. The van der Waals surface area contributed by atoms with E-state index in [-0.39, 0.29) is 18.0 Å². The lowest BCUT2D eigenvalue weighted by atomic mass is 10.0. The van der Waals surface area contributed by atoms with Crippen LogP contribution in [0.5, 0.6) is 0 Å². The van der Waals surface area contributed by atoms with Gasteiger partial charge in [-0.2, -0.15) is 0 Å². The molecule has 246 valence electrons. The summed E-state index contributed by atoms with van der Waals surface area (Å²) in [6.45, 7) is 25.4. The Morgan fingerprint density at radius 2 is 1.27 bits per heavy atom. The van der Waals surface area contributed by atoms with Crippen molar-refractivity contribution >= 4 is 17.3 Å². The fraction of sp³-hybridized carbons (Fsp3) is 0.514. The zero-order valence-corrected chi connectivity index (χ0v) is 27.6. The minimum atomic E-state index is -0.143. The highest BCUT2D eigenvalue weighted by atomic mass is 16.5. The number of carbonyl (C=O) groups is 1. The van der Waals surface area contributed by atoms with E-state index in [4.69, 9.17) is 14.2 Å².